The highest BCUT2D eigenvalue weighted by Gasteiger charge is 2.14. The van der Waals surface area contributed by atoms with E-state index in [1.165, 1.54) is 12.1 Å². The third-order valence-corrected chi connectivity index (χ3v) is 3.84. The molecule has 0 radical (unpaired) electrons. The molecular formula is C19H22FN3O2. The molecule has 0 fully saturated rings. The highest BCUT2D eigenvalue weighted by Crippen LogP contribution is 2.07. The Bertz CT molecular complexity index is 732. The maximum absolute atomic E-state index is 13.1. The average molecular weight is 343 g/mol. The molecule has 0 saturated heterocycles. The monoisotopic (exact) mass is 343 g/mol. The third-order valence-electron chi connectivity index (χ3n) is 3.84. The number of carbonyl (C=O) groups is 2. The molecule has 2 aromatic carbocycles. The minimum Gasteiger partial charge on any atom is -0.355 e. The van der Waals surface area contributed by atoms with Crippen molar-refractivity contribution in [1.29, 1.82) is 0 Å². The van der Waals surface area contributed by atoms with Crippen LogP contribution in [0, 0.1) is 5.82 Å². The van der Waals surface area contributed by atoms with Crippen molar-refractivity contribution < 1.29 is 14.0 Å². The van der Waals surface area contributed by atoms with Crippen molar-refractivity contribution in [3.8, 4) is 0 Å². The minimum atomic E-state index is -0.725. The minimum absolute atomic E-state index is 0.136. The summed E-state index contributed by atoms with van der Waals surface area (Å²) in [5, 5.41) is 5.34. The summed E-state index contributed by atoms with van der Waals surface area (Å²) in [7, 11) is 1.58. The van der Waals surface area contributed by atoms with E-state index in [-0.39, 0.29) is 24.1 Å². The summed E-state index contributed by atoms with van der Waals surface area (Å²) >= 11 is 0. The van der Waals surface area contributed by atoms with Gasteiger partial charge in [0.25, 0.3) is 5.91 Å². The Morgan fingerprint density at radius 3 is 2.48 bits per heavy atom. The molecule has 1 atom stereocenters. The largest absolute Gasteiger partial charge is 0.355 e. The molecular weight excluding hydrogens is 321 g/mol. The van der Waals surface area contributed by atoms with Gasteiger partial charge < -0.3 is 16.4 Å². The lowest BCUT2D eigenvalue weighted by molar-refractivity contribution is -0.122. The molecule has 2 amide bonds. The van der Waals surface area contributed by atoms with Gasteiger partial charge in [-0.3, -0.25) is 9.59 Å². The SMILES string of the molecule is CNC(=O)c1ccc(CCNC(=O)C(N)Cc2cccc(F)c2)cc1. The Kier molecular flexibility index (Phi) is 6.65. The van der Waals surface area contributed by atoms with E-state index in [1.54, 1.807) is 31.3 Å². The van der Waals surface area contributed by atoms with Gasteiger partial charge in [0.1, 0.15) is 5.82 Å². The van der Waals surface area contributed by atoms with Gasteiger partial charge in [-0.15, -0.1) is 0 Å². The normalized spacial score (nSPS) is 11.6. The van der Waals surface area contributed by atoms with Crippen molar-refractivity contribution in [3.05, 3.63) is 71.0 Å². The smallest absolute Gasteiger partial charge is 0.251 e. The highest BCUT2D eigenvalue weighted by atomic mass is 19.1. The first-order chi connectivity index (χ1) is 12.0. The first-order valence-electron chi connectivity index (χ1n) is 8.08. The van der Waals surface area contributed by atoms with Crippen LogP contribution in [0.5, 0.6) is 0 Å². The van der Waals surface area contributed by atoms with Crippen LogP contribution in [0.15, 0.2) is 48.5 Å². The van der Waals surface area contributed by atoms with Crippen LogP contribution < -0.4 is 16.4 Å². The predicted octanol–water partition coefficient (Wildman–Crippen LogP) is 1.41. The van der Waals surface area contributed by atoms with Crippen LogP contribution >= 0.6 is 0 Å². The lowest BCUT2D eigenvalue weighted by atomic mass is 10.1. The zero-order valence-corrected chi connectivity index (χ0v) is 14.1. The van der Waals surface area contributed by atoms with E-state index in [9.17, 15) is 14.0 Å². The summed E-state index contributed by atoms with van der Waals surface area (Å²) < 4.78 is 13.1. The second-order valence-corrected chi connectivity index (χ2v) is 5.76. The fraction of sp³-hybridized carbons (Fsp3) is 0.263. The molecule has 5 nitrogen and oxygen atoms in total. The van der Waals surface area contributed by atoms with Crippen molar-refractivity contribution in [2.45, 2.75) is 18.9 Å². The number of hydrogen-bond acceptors (Lipinski definition) is 3. The third kappa shape index (κ3) is 5.69. The maximum Gasteiger partial charge on any atom is 0.251 e. The molecule has 0 aromatic heterocycles. The van der Waals surface area contributed by atoms with E-state index in [4.69, 9.17) is 5.73 Å². The first-order valence-corrected chi connectivity index (χ1v) is 8.08. The number of hydrogen-bond donors (Lipinski definition) is 3. The van der Waals surface area contributed by atoms with Crippen LogP contribution in [-0.2, 0) is 17.6 Å². The van der Waals surface area contributed by atoms with E-state index in [2.05, 4.69) is 10.6 Å². The molecule has 25 heavy (non-hydrogen) atoms. The molecule has 0 aliphatic heterocycles. The second-order valence-electron chi connectivity index (χ2n) is 5.76. The Morgan fingerprint density at radius 1 is 1.12 bits per heavy atom. The van der Waals surface area contributed by atoms with Crippen molar-refractivity contribution in [3.63, 3.8) is 0 Å². The molecule has 0 bridgehead atoms. The van der Waals surface area contributed by atoms with E-state index in [0.29, 0.717) is 24.1 Å². The molecule has 132 valence electrons. The van der Waals surface area contributed by atoms with Crippen LogP contribution in [0.2, 0.25) is 0 Å². The molecule has 0 heterocycles. The zero-order chi connectivity index (χ0) is 18.2. The zero-order valence-electron chi connectivity index (χ0n) is 14.1. The molecule has 2 aromatic rings. The number of halogens is 1. The Morgan fingerprint density at radius 2 is 1.84 bits per heavy atom. The fourth-order valence-electron chi connectivity index (χ4n) is 2.44. The molecule has 0 saturated carbocycles. The van der Waals surface area contributed by atoms with Gasteiger partial charge in [0.05, 0.1) is 6.04 Å². The van der Waals surface area contributed by atoms with Gasteiger partial charge in [0.15, 0.2) is 0 Å². The summed E-state index contributed by atoms with van der Waals surface area (Å²) in [6.45, 7) is 0.439. The summed E-state index contributed by atoms with van der Waals surface area (Å²) in [6.07, 6.45) is 0.914. The van der Waals surface area contributed by atoms with E-state index in [1.807, 2.05) is 12.1 Å². The van der Waals surface area contributed by atoms with Gasteiger partial charge in [-0.05, 0) is 48.2 Å². The van der Waals surface area contributed by atoms with Crippen LogP contribution in [-0.4, -0.2) is 31.4 Å². The lowest BCUT2D eigenvalue weighted by Crippen LogP contribution is -2.42. The summed E-state index contributed by atoms with van der Waals surface area (Å²) in [6, 6.07) is 12.5. The molecule has 0 aliphatic carbocycles. The molecule has 0 spiro atoms. The first kappa shape index (κ1) is 18.6. The molecule has 2 rings (SSSR count). The standard InChI is InChI=1S/C19H22FN3O2/c1-22-18(24)15-7-5-13(6-8-15)9-10-23-19(25)17(21)12-14-3-2-4-16(20)11-14/h2-8,11,17H,9-10,12,21H2,1H3,(H,22,24)(H,23,25). The number of nitrogens with two attached hydrogens (primary N) is 1. The highest BCUT2D eigenvalue weighted by molar-refractivity contribution is 5.93. The number of carbonyl (C=O) groups excluding carboxylic acids is 2. The van der Waals surface area contributed by atoms with Crippen LogP contribution in [0.4, 0.5) is 4.39 Å². The van der Waals surface area contributed by atoms with Crippen molar-refractivity contribution in [2.24, 2.45) is 5.73 Å². The van der Waals surface area contributed by atoms with Gasteiger partial charge in [-0.25, -0.2) is 4.39 Å². The Labute approximate surface area is 146 Å². The summed E-state index contributed by atoms with van der Waals surface area (Å²) in [4.78, 5) is 23.5. The quantitative estimate of drug-likeness (QED) is 0.711. The predicted molar refractivity (Wildman–Crippen MR) is 94.6 cm³/mol. The van der Waals surface area contributed by atoms with E-state index < -0.39 is 6.04 Å². The van der Waals surface area contributed by atoms with Crippen LogP contribution in [0.25, 0.3) is 0 Å². The van der Waals surface area contributed by atoms with Gasteiger partial charge in [-0.1, -0.05) is 24.3 Å². The Hall–Kier alpha value is -2.73. The molecule has 0 aliphatic rings. The summed E-state index contributed by atoms with van der Waals surface area (Å²) in [5.41, 5.74) is 8.15. The van der Waals surface area contributed by atoms with Gasteiger partial charge in [0, 0.05) is 19.2 Å². The van der Waals surface area contributed by atoms with Crippen molar-refractivity contribution in [1.82, 2.24) is 10.6 Å². The van der Waals surface area contributed by atoms with Gasteiger partial charge in [0.2, 0.25) is 5.91 Å². The van der Waals surface area contributed by atoms with Crippen molar-refractivity contribution >= 4 is 11.8 Å². The molecule has 6 heteroatoms. The fourth-order valence-corrected chi connectivity index (χ4v) is 2.44. The molecule has 1 unspecified atom stereocenters. The van der Waals surface area contributed by atoms with Gasteiger partial charge in [-0.2, -0.15) is 0 Å². The average Bonchev–Trinajstić information content (AvgIpc) is 2.61. The van der Waals surface area contributed by atoms with Crippen LogP contribution in [0.1, 0.15) is 21.5 Å². The van der Waals surface area contributed by atoms with Crippen molar-refractivity contribution in [2.75, 3.05) is 13.6 Å². The van der Waals surface area contributed by atoms with Gasteiger partial charge >= 0.3 is 0 Å². The number of rotatable bonds is 7. The van der Waals surface area contributed by atoms with Crippen LogP contribution in [0.3, 0.4) is 0 Å². The van der Waals surface area contributed by atoms with E-state index >= 15 is 0 Å². The summed E-state index contributed by atoms with van der Waals surface area (Å²) in [5.74, 6) is -0.750. The molecule has 4 N–H and O–H groups in total. The number of nitrogens with one attached hydrogen (secondary N) is 2. The second kappa shape index (κ2) is 8.94. The number of benzene rings is 2. The maximum atomic E-state index is 13.1. The topological polar surface area (TPSA) is 84.2 Å². The Balaban J connectivity index is 1.78. The number of amides is 2. The lowest BCUT2D eigenvalue weighted by Gasteiger charge is -2.12. The van der Waals surface area contributed by atoms with E-state index in [0.717, 1.165) is 5.56 Å².